The summed E-state index contributed by atoms with van der Waals surface area (Å²) in [5.74, 6) is -0.531. The van der Waals surface area contributed by atoms with Crippen LogP contribution in [0.2, 0.25) is 0 Å². The molecule has 0 N–H and O–H groups in total. The number of hydrogen-bond acceptors (Lipinski definition) is 6. The molecule has 2 aromatic heterocycles. The Morgan fingerprint density at radius 1 is 1.13 bits per heavy atom. The van der Waals surface area contributed by atoms with Crippen molar-refractivity contribution in [2.24, 2.45) is 0 Å². The third kappa shape index (κ3) is 3.42. The van der Waals surface area contributed by atoms with Gasteiger partial charge in [-0.05, 0) is 58.6 Å². The molecule has 0 aliphatic carbocycles. The first-order valence-electron chi connectivity index (χ1n) is 9.36. The summed E-state index contributed by atoms with van der Waals surface area (Å²) in [7, 11) is 0. The first-order chi connectivity index (χ1) is 15.1. The molecule has 0 saturated heterocycles. The molecule has 4 aromatic rings. The van der Waals surface area contributed by atoms with Gasteiger partial charge in [0.2, 0.25) is 0 Å². The van der Waals surface area contributed by atoms with Gasteiger partial charge in [0.1, 0.15) is 0 Å². The minimum absolute atomic E-state index is 0.169. The summed E-state index contributed by atoms with van der Waals surface area (Å²) in [4.78, 5) is 20.5. The Morgan fingerprint density at radius 3 is 2.58 bits per heavy atom. The van der Waals surface area contributed by atoms with E-state index >= 15 is 0 Å². The molecule has 0 radical (unpaired) electrons. The zero-order chi connectivity index (χ0) is 21.5. The zero-order valence-electron chi connectivity index (χ0n) is 16.2. The Morgan fingerprint density at radius 2 is 1.87 bits per heavy atom. The number of benzene rings is 2. The molecule has 9 heteroatoms. The van der Waals surface area contributed by atoms with Crippen LogP contribution in [0, 0.1) is 0 Å². The van der Waals surface area contributed by atoms with E-state index in [0.29, 0.717) is 27.7 Å². The highest BCUT2D eigenvalue weighted by Crippen LogP contribution is 2.43. The lowest BCUT2D eigenvalue weighted by atomic mass is 10.0. The van der Waals surface area contributed by atoms with Crippen LogP contribution in [0.1, 0.15) is 21.4 Å². The fraction of sp³-hybridized carbons (Fsp3) is 0.0909. The van der Waals surface area contributed by atoms with Crippen LogP contribution >= 0.6 is 39.0 Å². The van der Waals surface area contributed by atoms with Crippen LogP contribution in [0.3, 0.4) is 0 Å². The Hall–Kier alpha value is -2.75. The highest BCUT2D eigenvalue weighted by atomic mass is 79.9. The predicted octanol–water partition coefficient (Wildman–Crippen LogP) is 4.26. The lowest BCUT2D eigenvalue weighted by molar-refractivity contribution is -0.763. The third-order valence-corrected chi connectivity index (χ3v) is 7.19. The van der Waals surface area contributed by atoms with Gasteiger partial charge in [-0.1, -0.05) is 46.8 Å². The second-order valence-corrected chi connectivity index (χ2v) is 10.0. The Balaban J connectivity index is 1.82. The second-order valence-electron chi connectivity index (χ2n) is 6.77. The van der Waals surface area contributed by atoms with E-state index in [1.807, 2.05) is 60.9 Å². The van der Waals surface area contributed by atoms with E-state index in [9.17, 15) is 9.90 Å². The SMILES string of the molecule is CSc1nc([O-])c2[n+](n1)C(c1ccc(Br)s1)N(C(=O)c1ccccc1)c1ccccc1-2. The van der Waals surface area contributed by atoms with Crippen molar-refractivity contribution < 1.29 is 14.6 Å². The molecule has 3 heterocycles. The van der Waals surface area contributed by atoms with Crippen molar-refractivity contribution in [3.8, 4) is 17.1 Å². The number of fused-ring (bicyclic) bond motifs is 3. The normalized spacial score (nSPS) is 14.8. The number of halogens is 1. The smallest absolute Gasteiger partial charge is 0.302 e. The van der Waals surface area contributed by atoms with Crippen LogP contribution in [-0.4, -0.2) is 22.2 Å². The number of thiophene rings is 1. The molecule has 0 spiro atoms. The number of carbonyl (C=O) groups is 1. The molecule has 5 rings (SSSR count). The minimum Gasteiger partial charge on any atom is -0.854 e. The summed E-state index contributed by atoms with van der Waals surface area (Å²) in [5, 5.41) is 18.1. The number of nitrogens with zero attached hydrogens (tertiary/aromatic N) is 4. The summed E-state index contributed by atoms with van der Waals surface area (Å²) in [6, 6.07) is 20.4. The van der Waals surface area contributed by atoms with Crippen molar-refractivity contribution in [1.82, 2.24) is 10.1 Å². The number of carbonyl (C=O) groups excluding carboxylic acids is 1. The van der Waals surface area contributed by atoms with Crippen LogP contribution in [-0.2, 0) is 0 Å². The van der Waals surface area contributed by atoms with Crippen molar-refractivity contribution >= 4 is 50.6 Å². The quantitative estimate of drug-likeness (QED) is 0.304. The average Bonchev–Trinajstić information content (AvgIpc) is 3.23. The second kappa shape index (κ2) is 8.07. The Labute approximate surface area is 195 Å². The largest absolute Gasteiger partial charge is 0.854 e. The standard InChI is InChI=1S/C22H15BrN4O2S2/c1-30-22-24-19(28)18-14-9-5-6-10-15(14)26(21(29)13-7-3-2-4-8-13)20(27(18)25-22)16-11-12-17(23)31-16/h2-12,20H,1H3. The number of hydrogen-bond donors (Lipinski definition) is 0. The molecule has 6 nitrogen and oxygen atoms in total. The highest BCUT2D eigenvalue weighted by molar-refractivity contribution is 9.11. The van der Waals surface area contributed by atoms with Gasteiger partial charge in [-0.25, -0.2) is 9.88 Å². The van der Waals surface area contributed by atoms with Gasteiger partial charge in [-0.3, -0.25) is 4.79 Å². The lowest BCUT2D eigenvalue weighted by Crippen LogP contribution is -2.59. The maximum atomic E-state index is 13.8. The van der Waals surface area contributed by atoms with Crippen LogP contribution < -0.4 is 14.7 Å². The molecule has 0 fully saturated rings. The van der Waals surface area contributed by atoms with Crippen LogP contribution in [0.4, 0.5) is 5.69 Å². The number of aromatic nitrogens is 3. The molecule has 0 saturated carbocycles. The van der Waals surface area contributed by atoms with Gasteiger partial charge in [-0.15, -0.1) is 11.3 Å². The van der Waals surface area contributed by atoms with E-state index < -0.39 is 6.17 Å². The van der Waals surface area contributed by atoms with Gasteiger partial charge in [0.15, 0.2) is 0 Å². The van der Waals surface area contributed by atoms with Gasteiger partial charge in [0, 0.05) is 10.7 Å². The van der Waals surface area contributed by atoms with Gasteiger partial charge in [-0.2, -0.15) is 0 Å². The topological polar surface area (TPSA) is 73.0 Å². The van der Waals surface area contributed by atoms with Gasteiger partial charge < -0.3 is 5.11 Å². The molecule has 1 aliphatic rings. The molecular formula is C22H15BrN4O2S2. The van der Waals surface area contributed by atoms with Crippen molar-refractivity contribution in [2.45, 2.75) is 11.3 Å². The fourth-order valence-corrected chi connectivity index (χ4v) is 5.53. The van der Waals surface area contributed by atoms with Crippen molar-refractivity contribution in [3.63, 3.8) is 0 Å². The first-order valence-corrected chi connectivity index (χ1v) is 12.2. The van der Waals surface area contributed by atoms with Gasteiger partial charge >= 0.3 is 6.17 Å². The number of anilines is 1. The average molecular weight is 511 g/mol. The molecule has 1 unspecified atom stereocenters. The van der Waals surface area contributed by atoms with Gasteiger partial charge in [0.25, 0.3) is 16.8 Å². The molecule has 1 aliphatic heterocycles. The first kappa shape index (κ1) is 20.2. The van der Waals surface area contributed by atoms with E-state index in [1.54, 1.807) is 21.7 Å². The molecule has 0 bridgehead atoms. The van der Waals surface area contributed by atoms with E-state index in [0.717, 1.165) is 8.66 Å². The van der Waals surface area contributed by atoms with Crippen molar-refractivity contribution in [2.75, 3.05) is 11.2 Å². The van der Waals surface area contributed by atoms with E-state index in [4.69, 9.17) is 0 Å². The number of thioether (sulfide) groups is 1. The van der Waals surface area contributed by atoms with Gasteiger partial charge in [0.05, 0.1) is 25.8 Å². The summed E-state index contributed by atoms with van der Waals surface area (Å²) in [6.45, 7) is 0. The van der Waals surface area contributed by atoms with Crippen LogP contribution in [0.5, 0.6) is 5.88 Å². The lowest BCUT2D eigenvalue weighted by Gasteiger charge is -2.33. The fourth-order valence-electron chi connectivity index (χ4n) is 3.68. The predicted molar refractivity (Wildman–Crippen MR) is 122 cm³/mol. The maximum Gasteiger partial charge on any atom is 0.302 e. The van der Waals surface area contributed by atoms with E-state index in [-0.39, 0.29) is 11.8 Å². The summed E-state index contributed by atoms with van der Waals surface area (Å²) < 4.78 is 2.57. The molecule has 1 atom stereocenters. The molecular weight excluding hydrogens is 496 g/mol. The molecule has 31 heavy (non-hydrogen) atoms. The summed E-state index contributed by atoms with van der Waals surface area (Å²) in [5.41, 5.74) is 2.23. The maximum absolute atomic E-state index is 13.8. The third-order valence-electron chi connectivity index (χ3n) is 4.99. The summed E-state index contributed by atoms with van der Waals surface area (Å²) in [6.07, 6.45) is 1.21. The van der Waals surface area contributed by atoms with Crippen molar-refractivity contribution in [3.05, 3.63) is 81.0 Å². The number of rotatable bonds is 3. The zero-order valence-corrected chi connectivity index (χ0v) is 19.4. The highest BCUT2D eigenvalue weighted by Gasteiger charge is 2.45. The van der Waals surface area contributed by atoms with E-state index in [1.165, 1.54) is 23.1 Å². The minimum atomic E-state index is -0.615. The monoisotopic (exact) mass is 510 g/mol. The molecule has 2 aromatic carbocycles. The van der Waals surface area contributed by atoms with Crippen LogP contribution in [0.15, 0.2) is 75.7 Å². The summed E-state index contributed by atoms with van der Waals surface area (Å²) >= 11 is 6.32. The Bertz CT molecular complexity index is 1300. The van der Waals surface area contributed by atoms with E-state index in [2.05, 4.69) is 26.0 Å². The van der Waals surface area contributed by atoms with Crippen LogP contribution in [0.25, 0.3) is 11.3 Å². The number of amides is 1. The Kier molecular flexibility index (Phi) is 5.25. The molecule has 154 valence electrons. The van der Waals surface area contributed by atoms with Crippen molar-refractivity contribution in [1.29, 1.82) is 0 Å². The molecule has 1 amide bonds. The number of para-hydroxylation sites is 1.